The number of carbonyl (C=O) groups excluding carboxylic acids is 2. The van der Waals surface area contributed by atoms with Crippen LogP contribution in [0, 0.1) is 5.92 Å². The van der Waals surface area contributed by atoms with Crippen molar-refractivity contribution in [1.29, 1.82) is 0 Å². The first-order valence-corrected chi connectivity index (χ1v) is 11.8. The highest BCUT2D eigenvalue weighted by atomic mass is 16.5. The molecule has 1 aliphatic heterocycles. The highest BCUT2D eigenvalue weighted by molar-refractivity contribution is 5.95. The van der Waals surface area contributed by atoms with Crippen LogP contribution in [0.2, 0.25) is 0 Å². The largest absolute Gasteiger partial charge is 0.372 e. The standard InChI is InChI=1S/C24H37N3O3/c28-23(25-30)12-4-1-2-9-19-27(24(29)20-10-5-6-11-20)22-15-13-21(14-16-22)26-17-7-3-8-18-26/h13-16,20,30H,1-12,17-19H2,(H,25,28). The second kappa shape index (κ2) is 11.9. The monoisotopic (exact) mass is 415 g/mol. The lowest BCUT2D eigenvalue weighted by Crippen LogP contribution is -2.36. The van der Waals surface area contributed by atoms with Crippen molar-refractivity contribution in [2.45, 2.75) is 77.0 Å². The Morgan fingerprint density at radius 1 is 0.933 bits per heavy atom. The third kappa shape index (κ3) is 6.46. The first kappa shape index (κ1) is 22.6. The summed E-state index contributed by atoms with van der Waals surface area (Å²) < 4.78 is 0. The molecule has 30 heavy (non-hydrogen) atoms. The van der Waals surface area contributed by atoms with Gasteiger partial charge in [-0.3, -0.25) is 14.8 Å². The van der Waals surface area contributed by atoms with Crippen molar-refractivity contribution in [3.05, 3.63) is 24.3 Å². The van der Waals surface area contributed by atoms with Gasteiger partial charge in [0.25, 0.3) is 0 Å². The Labute approximate surface area is 180 Å². The van der Waals surface area contributed by atoms with Crippen LogP contribution >= 0.6 is 0 Å². The number of hydrogen-bond acceptors (Lipinski definition) is 4. The fourth-order valence-electron chi connectivity index (χ4n) is 4.72. The number of anilines is 2. The Bertz CT molecular complexity index is 665. The smallest absolute Gasteiger partial charge is 0.243 e. The van der Waals surface area contributed by atoms with Crippen LogP contribution in [-0.2, 0) is 9.59 Å². The molecular formula is C24H37N3O3. The van der Waals surface area contributed by atoms with E-state index in [0.29, 0.717) is 6.42 Å². The summed E-state index contributed by atoms with van der Waals surface area (Å²) in [5, 5.41) is 8.56. The molecule has 0 atom stereocenters. The first-order chi connectivity index (χ1) is 14.7. The van der Waals surface area contributed by atoms with Crippen LogP contribution in [0.5, 0.6) is 0 Å². The van der Waals surface area contributed by atoms with Gasteiger partial charge < -0.3 is 9.80 Å². The van der Waals surface area contributed by atoms with Gasteiger partial charge in [0.05, 0.1) is 0 Å². The average Bonchev–Trinajstić information content (AvgIpc) is 3.34. The Morgan fingerprint density at radius 2 is 1.60 bits per heavy atom. The molecule has 1 aromatic carbocycles. The topological polar surface area (TPSA) is 72.9 Å². The van der Waals surface area contributed by atoms with Crippen LogP contribution in [-0.4, -0.2) is 36.7 Å². The maximum absolute atomic E-state index is 13.2. The van der Waals surface area contributed by atoms with E-state index in [1.54, 1.807) is 5.48 Å². The molecule has 1 saturated heterocycles. The molecule has 1 saturated carbocycles. The molecule has 166 valence electrons. The molecule has 2 amide bonds. The molecule has 3 rings (SSSR count). The van der Waals surface area contributed by atoms with E-state index >= 15 is 0 Å². The van der Waals surface area contributed by atoms with Gasteiger partial charge in [-0.25, -0.2) is 5.48 Å². The van der Waals surface area contributed by atoms with Crippen LogP contribution in [0.25, 0.3) is 0 Å². The second-order valence-corrected chi connectivity index (χ2v) is 8.73. The van der Waals surface area contributed by atoms with Crippen molar-refractivity contribution in [2.75, 3.05) is 29.4 Å². The number of nitrogens with one attached hydrogen (secondary N) is 1. The number of nitrogens with zero attached hydrogens (tertiary/aromatic N) is 2. The number of hydroxylamine groups is 1. The Balaban J connectivity index is 1.57. The van der Waals surface area contributed by atoms with E-state index in [9.17, 15) is 9.59 Å². The van der Waals surface area contributed by atoms with Crippen LogP contribution < -0.4 is 15.3 Å². The Hall–Kier alpha value is -2.08. The van der Waals surface area contributed by atoms with E-state index in [4.69, 9.17) is 5.21 Å². The van der Waals surface area contributed by atoms with Crippen LogP contribution in [0.1, 0.15) is 77.0 Å². The molecule has 2 N–H and O–H groups in total. The fraction of sp³-hybridized carbons (Fsp3) is 0.667. The van der Waals surface area contributed by atoms with E-state index in [1.165, 1.54) is 24.9 Å². The van der Waals surface area contributed by atoms with E-state index < -0.39 is 0 Å². The Morgan fingerprint density at radius 3 is 2.27 bits per heavy atom. The highest BCUT2D eigenvalue weighted by Crippen LogP contribution is 2.30. The fourth-order valence-corrected chi connectivity index (χ4v) is 4.72. The summed E-state index contributed by atoms with van der Waals surface area (Å²) in [4.78, 5) is 28.8. The molecule has 6 nitrogen and oxygen atoms in total. The van der Waals surface area contributed by atoms with Gasteiger partial charge in [-0.1, -0.05) is 25.7 Å². The summed E-state index contributed by atoms with van der Waals surface area (Å²) in [6.45, 7) is 2.97. The maximum Gasteiger partial charge on any atom is 0.243 e. The Kier molecular flexibility index (Phi) is 9.00. The van der Waals surface area contributed by atoms with Gasteiger partial charge in [-0.2, -0.15) is 0 Å². The van der Waals surface area contributed by atoms with Crippen LogP contribution in [0.15, 0.2) is 24.3 Å². The van der Waals surface area contributed by atoms with Crippen molar-refractivity contribution < 1.29 is 14.8 Å². The molecule has 0 spiro atoms. The molecule has 0 unspecified atom stereocenters. The average molecular weight is 416 g/mol. The molecule has 1 aliphatic carbocycles. The lowest BCUT2D eigenvalue weighted by atomic mass is 10.0. The summed E-state index contributed by atoms with van der Waals surface area (Å²) in [7, 11) is 0. The first-order valence-electron chi connectivity index (χ1n) is 11.8. The third-order valence-electron chi connectivity index (χ3n) is 6.51. The van der Waals surface area contributed by atoms with Crippen molar-refractivity contribution in [3.63, 3.8) is 0 Å². The predicted octanol–water partition coefficient (Wildman–Crippen LogP) is 4.66. The second-order valence-electron chi connectivity index (χ2n) is 8.73. The quantitative estimate of drug-likeness (QED) is 0.331. The number of hydrogen-bond donors (Lipinski definition) is 2. The van der Waals surface area contributed by atoms with Crippen molar-refractivity contribution in [3.8, 4) is 0 Å². The SMILES string of the molecule is O=C(CCCCCCN(C(=O)C1CCCC1)c1ccc(N2CCCCC2)cc1)NO. The van der Waals surface area contributed by atoms with Gasteiger partial charge in [-0.15, -0.1) is 0 Å². The van der Waals surface area contributed by atoms with E-state index in [1.807, 2.05) is 4.90 Å². The molecule has 1 aromatic rings. The summed E-state index contributed by atoms with van der Waals surface area (Å²) >= 11 is 0. The van der Waals surface area contributed by atoms with Crippen molar-refractivity contribution in [1.82, 2.24) is 5.48 Å². The molecule has 0 radical (unpaired) electrons. The minimum Gasteiger partial charge on any atom is -0.372 e. The summed E-state index contributed by atoms with van der Waals surface area (Å²) in [5.41, 5.74) is 3.94. The number of piperidine rings is 1. The predicted molar refractivity (Wildman–Crippen MR) is 120 cm³/mol. The van der Waals surface area contributed by atoms with E-state index in [2.05, 4.69) is 29.2 Å². The molecule has 2 fully saturated rings. The molecule has 6 heteroatoms. The zero-order chi connectivity index (χ0) is 21.2. The molecule has 1 heterocycles. The number of amides is 2. The lowest BCUT2D eigenvalue weighted by Gasteiger charge is -2.30. The maximum atomic E-state index is 13.2. The summed E-state index contributed by atoms with van der Waals surface area (Å²) in [5.74, 6) is 0.111. The highest BCUT2D eigenvalue weighted by Gasteiger charge is 2.28. The van der Waals surface area contributed by atoms with Gasteiger partial charge in [0.2, 0.25) is 11.8 Å². The van der Waals surface area contributed by atoms with E-state index in [-0.39, 0.29) is 17.7 Å². The minimum atomic E-state index is -0.332. The lowest BCUT2D eigenvalue weighted by molar-refractivity contribution is -0.129. The number of carbonyl (C=O) groups is 2. The van der Waals surface area contributed by atoms with Crippen molar-refractivity contribution in [2.24, 2.45) is 5.92 Å². The summed E-state index contributed by atoms with van der Waals surface area (Å²) in [6, 6.07) is 8.57. The molecular weight excluding hydrogens is 378 g/mol. The number of rotatable bonds is 10. The van der Waals surface area contributed by atoms with Crippen LogP contribution in [0.4, 0.5) is 11.4 Å². The number of unbranched alkanes of at least 4 members (excludes halogenated alkanes) is 3. The van der Waals surface area contributed by atoms with E-state index in [0.717, 1.165) is 76.7 Å². The van der Waals surface area contributed by atoms with Crippen LogP contribution in [0.3, 0.4) is 0 Å². The third-order valence-corrected chi connectivity index (χ3v) is 6.51. The normalized spacial score (nSPS) is 17.2. The van der Waals surface area contributed by atoms with Gasteiger partial charge in [0, 0.05) is 43.3 Å². The molecule has 0 bridgehead atoms. The zero-order valence-electron chi connectivity index (χ0n) is 18.2. The van der Waals surface area contributed by atoms with Gasteiger partial charge in [0.15, 0.2) is 0 Å². The number of benzene rings is 1. The van der Waals surface area contributed by atoms with Gasteiger partial charge >= 0.3 is 0 Å². The molecule has 0 aromatic heterocycles. The van der Waals surface area contributed by atoms with Gasteiger partial charge in [-0.05, 0) is 69.2 Å². The molecule has 2 aliphatic rings. The zero-order valence-corrected chi connectivity index (χ0v) is 18.2. The minimum absolute atomic E-state index is 0.167. The summed E-state index contributed by atoms with van der Waals surface area (Å²) in [6.07, 6.45) is 12.1. The van der Waals surface area contributed by atoms with Gasteiger partial charge in [0.1, 0.15) is 0 Å². The van der Waals surface area contributed by atoms with Crippen molar-refractivity contribution >= 4 is 23.2 Å².